The smallest absolute Gasteiger partial charge is 0.410 e. The van der Waals surface area contributed by atoms with Gasteiger partial charge in [0.15, 0.2) is 5.75 Å². The lowest BCUT2D eigenvalue weighted by Gasteiger charge is -2.43. The van der Waals surface area contributed by atoms with Crippen LogP contribution < -0.4 is 9.47 Å². The fourth-order valence-electron chi connectivity index (χ4n) is 5.42. The maximum absolute atomic E-state index is 12.9. The van der Waals surface area contributed by atoms with Crippen LogP contribution >= 0.6 is 23.2 Å². The Labute approximate surface area is 227 Å². The number of carboxylic acids is 1. The first-order chi connectivity index (χ1) is 17.4. The molecule has 0 spiro atoms. The molecule has 9 heteroatoms. The lowest BCUT2D eigenvalue weighted by Crippen LogP contribution is -2.54. The quantitative estimate of drug-likeness (QED) is 0.386. The second kappa shape index (κ2) is 11.0. The van der Waals surface area contributed by atoms with E-state index in [2.05, 4.69) is 0 Å². The Morgan fingerprint density at radius 1 is 1.03 bits per heavy atom. The summed E-state index contributed by atoms with van der Waals surface area (Å²) in [6.07, 6.45) is 1.59. The van der Waals surface area contributed by atoms with Gasteiger partial charge in [0.1, 0.15) is 24.6 Å². The second-order valence-corrected chi connectivity index (χ2v) is 11.5. The molecule has 2 aliphatic rings. The molecule has 37 heavy (non-hydrogen) atoms. The van der Waals surface area contributed by atoms with Gasteiger partial charge in [0.2, 0.25) is 0 Å². The zero-order chi connectivity index (χ0) is 26.9. The topological polar surface area (TPSA) is 85.3 Å². The number of fused-ring (bicyclic) bond motifs is 2. The fraction of sp³-hybridized carbons (Fsp3) is 0.500. The summed E-state index contributed by atoms with van der Waals surface area (Å²) in [6.45, 7) is 7.90. The molecule has 2 bridgehead atoms. The number of ether oxygens (including phenoxy) is 3. The molecule has 2 aromatic rings. The Morgan fingerprint density at radius 2 is 1.65 bits per heavy atom. The van der Waals surface area contributed by atoms with Crippen LogP contribution in [-0.2, 0) is 9.53 Å². The van der Waals surface area contributed by atoms with Crippen molar-refractivity contribution in [2.75, 3.05) is 13.2 Å². The van der Waals surface area contributed by atoms with Crippen molar-refractivity contribution in [1.82, 2.24) is 4.90 Å². The van der Waals surface area contributed by atoms with Crippen LogP contribution in [0.5, 0.6) is 11.5 Å². The van der Waals surface area contributed by atoms with E-state index in [-0.39, 0.29) is 31.2 Å². The van der Waals surface area contributed by atoms with E-state index in [0.717, 1.165) is 17.5 Å². The molecule has 2 aromatic carbocycles. The molecule has 2 heterocycles. The molecule has 4 unspecified atom stereocenters. The number of piperidine rings is 1. The lowest BCUT2D eigenvalue weighted by atomic mass is 9.76. The number of benzene rings is 2. The van der Waals surface area contributed by atoms with Gasteiger partial charge in [-0.25, -0.2) is 4.79 Å². The summed E-state index contributed by atoms with van der Waals surface area (Å²) in [6, 6.07) is 10.6. The van der Waals surface area contributed by atoms with Gasteiger partial charge in [-0.15, -0.1) is 0 Å². The SMILES string of the molecule is Cc1cc(Cl)c(OCCOc2ccc(C3CC4CCC(C3C(=O)O)N4C(=O)OC(C)(C)C)cc2)c(Cl)c1. The van der Waals surface area contributed by atoms with Gasteiger partial charge in [-0.3, -0.25) is 4.79 Å². The van der Waals surface area contributed by atoms with Gasteiger partial charge in [0.25, 0.3) is 0 Å². The van der Waals surface area contributed by atoms with Gasteiger partial charge in [-0.1, -0.05) is 35.3 Å². The number of carboxylic acid groups (broad SMARTS) is 1. The summed E-state index contributed by atoms with van der Waals surface area (Å²) in [5.41, 5.74) is 1.24. The summed E-state index contributed by atoms with van der Waals surface area (Å²) >= 11 is 12.4. The summed E-state index contributed by atoms with van der Waals surface area (Å²) in [7, 11) is 0. The van der Waals surface area contributed by atoms with Crippen LogP contribution in [-0.4, -0.2) is 53.0 Å². The van der Waals surface area contributed by atoms with Crippen molar-refractivity contribution in [1.29, 1.82) is 0 Å². The van der Waals surface area contributed by atoms with E-state index in [1.54, 1.807) is 17.0 Å². The van der Waals surface area contributed by atoms with Crippen LogP contribution in [0.25, 0.3) is 0 Å². The van der Waals surface area contributed by atoms with Crippen LogP contribution in [0.3, 0.4) is 0 Å². The summed E-state index contributed by atoms with van der Waals surface area (Å²) in [4.78, 5) is 26.9. The van der Waals surface area contributed by atoms with Gasteiger partial charge >= 0.3 is 12.1 Å². The molecule has 2 aliphatic heterocycles. The number of nitrogens with zero attached hydrogens (tertiary/aromatic N) is 1. The molecule has 4 rings (SSSR count). The highest BCUT2D eigenvalue weighted by atomic mass is 35.5. The van der Waals surface area contributed by atoms with E-state index in [1.807, 2.05) is 52.0 Å². The Kier molecular flexibility index (Phi) is 8.14. The third kappa shape index (κ3) is 6.27. The number of amides is 1. The molecular weight excluding hydrogens is 517 g/mol. The molecule has 0 aliphatic carbocycles. The fourth-order valence-corrected chi connectivity index (χ4v) is 6.13. The normalized spacial score (nSPS) is 23.0. The maximum atomic E-state index is 12.9. The van der Waals surface area contributed by atoms with Crippen molar-refractivity contribution in [2.45, 2.75) is 70.6 Å². The first-order valence-corrected chi connectivity index (χ1v) is 13.3. The largest absolute Gasteiger partial charge is 0.490 e. The molecule has 200 valence electrons. The zero-order valence-electron chi connectivity index (χ0n) is 21.5. The molecule has 0 saturated carbocycles. The highest BCUT2D eigenvalue weighted by Gasteiger charge is 2.53. The zero-order valence-corrected chi connectivity index (χ0v) is 23.0. The molecule has 0 radical (unpaired) electrons. The predicted molar refractivity (Wildman–Crippen MR) is 142 cm³/mol. The maximum Gasteiger partial charge on any atom is 0.410 e. The minimum absolute atomic E-state index is 0.0334. The highest BCUT2D eigenvalue weighted by Crippen LogP contribution is 2.47. The molecule has 2 saturated heterocycles. The van der Waals surface area contributed by atoms with Gasteiger partial charge in [0.05, 0.1) is 16.0 Å². The van der Waals surface area contributed by atoms with Crippen LogP contribution in [0, 0.1) is 12.8 Å². The third-order valence-corrected chi connectivity index (χ3v) is 7.42. The molecule has 2 fully saturated rings. The van der Waals surface area contributed by atoms with Gasteiger partial charge in [0, 0.05) is 18.0 Å². The highest BCUT2D eigenvalue weighted by molar-refractivity contribution is 6.37. The molecule has 7 nitrogen and oxygen atoms in total. The van der Waals surface area contributed by atoms with E-state index in [1.165, 1.54) is 0 Å². The van der Waals surface area contributed by atoms with Crippen LogP contribution in [0.2, 0.25) is 10.0 Å². The minimum Gasteiger partial charge on any atom is -0.490 e. The van der Waals surface area contributed by atoms with E-state index < -0.39 is 23.6 Å². The number of hydrogen-bond acceptors (Lipinski definition) is 5. The van der Waals surface area contributed by atoms with Crippen molar-refractivity contribution in [3.8, 4) is 11.5 Å². The number of rotatable bonds is 7. The van der Waals surface area contributed by atoms with Gasteiger partial charge in [-0.2, -0.15) is 0 Å². The Morgan fingerprint density at radius 3 is 2.24 bits per heavy atom. The number of hydrogen-bond donors (Lipinski definition) is 1. The molecular formula is C28H33Cl2NO6. The average molecular weight is 550 g/mol. The second-order valence-electron chi connectivity index (χ2n) is 10.7. The van der Waals surface area contributed by atoms with Crippen molar-refractivity contribution in [3.63, 3.8) is 0 Å². The van der Waals surface area contributed by atoms with Crippen molar-refractivity contribution < 1.29 is 28.9 Å². The number of aryl methyl sites for hydroxylation is 1. The predicted octanol–water partition coefficient (Wildman–Crippen LogP) is 6.72. The molecule has 1 amide bonds. The van der Waals surface area contributed by atoms with Crippen molar-refractivity contribution >= 4 is 35.3 Å². The van der Waals surface area contributed by atoms with Crippen LogP contribution in [0.4, 0.5) is 4.79 Å². The Bertz CT molecular complexity index is 1120. The van der Waals surface area contributed by atoms with E-state index in [4.69, 9.17) is 37.4 Å². The number of carbonyl (C=O) groups is 2. The number of aliphatic carboxylic acids is 1. The van der Waals surface area contributed by atoms with Crippen LogP contribution in [0.1, 0.15) is 57.1 Å². The Balaban J connectivity index is 1.38. The van der Waals surface area contributed by atoms with E-state index in [9.17, 15) is 14.7 Å². The van der Waals surface area contributed by atoms with Gasteiger partial charge < -0.3 is 24.2 Å². The molecule has 0 aromatic heterocycles. The van der Waals surface area contributed by atoms with Gasteiger partial charge in [-0.05, 0) is 82.3 Å². The summed E-state index contributed by atoms with van der Waals surface area (Å²) < 4.78 is 17.1. The van der Waals surface area contributed by atoms with E-state index >= 15 is 0 Å². The number of carbonyl (C=O) groups excluding carboxylic acids is 1. The number of halogens is 2. The third-order valence-electron chi connectivity index (χ3n) is 6.86. The van der Waals surface area contributed by atoms with Crippen molar-refractivity contribution in [2.24, 2.45) is 5.92 Å². The minimum atomic E-state index is -0.894. The molecule has 4 atom stereocenters. The first-order valence-electron chi connectivity index (χ1n) is 12.5. The monoisotopic (exact) mass is 549 g/mol. The average Bonchev–Trinajstić information content (AvgIpc) is 3.10. The first kappa shape index (κ1) is 27.4. The summed E-state index contributed by atoms with van der Waals surface area (Å²) in [5, 5.41) is 11.0. The molecule has 1 N–H and O–H groups in total. The van der Waals surface area contributed by atoms with Crippen molar-refractivity contribution in [3.05, 3.63) is 57.6 Å². The standard InChI is InChI=1S/C28H33Cl2NO6/c1-16-13-21(29)25(22(30)14-16)36-12-11-35-19-8-5-17(6-9-19)20-15-18-7-10-23(24(20)26(32)33)31(18)27(34)37-28(2,3)4/h5-6,8-9,13-14,18,20,23-24H,7,10-12,15H2,1-4H3,(H,32,33). The lowest BCUT2D eigenvalue weighted by molar-refractivity contribution is -0.146. The van der Waals surface area contributed by atoms with E-state index in [0.29, 0.717) is 34.4 Å². The van der Waals surface area contributed by atoms with Crippen LogP contribution in [0.15, 0.2) is 36.4 Å². The summed E-state index contributed by atoms with van der Waals surface area (Å²) in [5.74, 6) is -0.711. The Hall–Kier alpha value is -2.64.